The molecule has 0 aliphatic heterocycles. The summed E-state index contributed by atoms with van der Waals surface area (Å²) in [5, 5.41) is 22.1. The lowest BCUT2D eigenvalue weighted by Gasteiger charge is -2.08. The number of hydrogen-bond acceptors (Lipinski definition) is 5. The van der Waals surface area contributed by atoms with E-state index in [2.05, 4.69) is 5.32 Å². The summed E-state index contributed by atoms with van der Waals surface area (Å²) >= 11 is 0. The SMILES string of the molecule is Cc1cc(NCCOCCO)c([N+](=O)[O-])cc1F. The zero-order valence-electron chi connectivity index (χ0n) is 9.98. The van der Waals surface area contributed by atoms with Gasteiger partial charge in [-0.15, -0.1) is 0 Å². The summed E-state index contributed by atoms with van der Waals surface area (Å²) in [4.78, 5) is 10.1. The molecular formula is C11H15FN2O4. The summed E-state index contributed by atoms with van der Waals surface area (Å²) in [6.07, 6.45) is 0. The first-order valence-electron chi connectivity index (χ1n) is 5.43. The molecule has 0 aliphatic rings. The Balaban J connectivity index is 2.68. The fourth-order valence-corrected chi connectivity index (χ4v) is 1.39. The number of rotatable bonds is 7. The van der Waals surface area contributed by atoms with Crippen molar-refractivity contribution in [2.75, 3.05) is 31.7 Å². The number of aryl methyl sites for hydroxylation is 1. The number of benzene rings is 1. The molecule has 0 unspecified atom stereocenters. The number of aliphatic hydroxyl groups is 1. The number of nitrogens with zero attached hydrogens (tertiary/aromatic N) is 1. The zero-order valence-corrected chi connectivity index (χ0v) is 9.98. The highest BCUT2D eigenvalue weighted by molar-refractivity contribution is 5.63. The molecule has 18 heavy (non-hydrogen) atoms. The van der Waals surface area contributed by atoms with Crippen molar-refractivity contribution >= 4 is 11.4 Å². The van der Waals surface area contributed by atoms with Crippen LogP contribution in [0.3, 0.4) is 0 Å². The Morgan fingerprint density at radius 3 is 2.83 bits per heavy atom. The second-order valence-corrected chi connectivity index (χ2v) is 3.64. The van der Waals surface area contributed by atoms with Gasteiger partial charge in [0.25, 0.3) is 5.69 Å². The van der Waals surface area contributed by atoms with Crippen molar-refractivity contribution in [3.63, 3.8) is 0 Å². The van der Waals surface area contributed by atoms with E-state index in [1.807, 2.05) is 0 Å². The quantitative estimate of drug-likeness (QED) is 0.439. The van der Waals surface area contributed by atoms with E-state index in [0.717, 1.165) is 6.07 Å². The molecule has 0 fully saturated rings. The molecule has 0 radical (unpaired) electrons. The Hall–Kier alpha value is -1.73. The predicted molar refractivity (Wildman–Crippen MR) is 64.2 cm³/mol. The molecule has 0 atom stereocenters. The lowest BCUT2D eigenvalue weighted by molar-refractivity contribution is -0.384. The van der Waals surface area contributed by atoms with E-state index in [9.17, 15) is 14.5 Å². The topological polar surface area (TPSA) is 84.6 Å². The highest BCUT2D eigenvalue weighted by Crippen LogP contribution is 2.27. The molecule has 2 N–H and O–H groups in total. The molecule has 0 spiro atoms. The number of nitro benzene ring substituents is 1. The van der Waals surface area contributed by atoms with Crippen molar-refractivity contribution in [2.45, 2.75) is 6.92 Å². The molecule has 1 aromatic carbocycles. The standard InChI is InChI=1S/C11H15FN2O4/c1-8-6-10(13-2-4-18-5-3-15)11(14(16)17)7-9(8)12/h6-7,13,15H,2-5H2,1H3. The van der Waals surface area contributed by atoms with Crippen LogP contribution in [0.2, 0.25) is 0 Å². The average Bonchev–Trinajstić information content (AvgIpc) is 2.32. The number of ether oxygens (including phenoxy) is 1. The van der Waals surface area contributed by atoms with Crippen molar-refractivity contribution in [1.29, 1.82) is 0 Å². The molecule has 0 saturated carbocycles. The first-order valence-corrected chi connectivity index (χ1v) is 5.43. The fraction of sp³-hybridized carbons (Fsp3) is 0.455. The third kappa shape index (κ3) is 3.94. The second kappa shape index (κ2) is 6.87. The monoisotopic (exact) mass is 258 g/mol. The minimum Gasteiger partial charge on any atom is -0.394 e. The second-order valence-electron chi connectivity index (χ2n) is 3.64. The molecule has 0 aliphatic carbocycles. The van der Waals surface area contributed by atoms with Crippen molar-refractivity contribution < 1.29 is 19.2 Å². The Bertz CT molecular complexity index is 426. The summed E-state index contributed by atoms with van der Waals surface area (Å²) < 4.78 is 18.2. The maximum absolute atomic E-state index is 13.2. The summed E-state index contributed by atoms with van der Waals surface area (Å²) in [6, 6.07) is 2.28. The van der Waals surface area contributed by atoms with Crippen molar-refractivity contribution in [1.82, 2.24) is 0 Å². The van der Waals surface area contributed by atoms with Crippen LogP contribution in [0.4, 0.5) is 15.8 Å². The molecule has 0 aromatic heterocycles. The maximum atomic E-state index is 13.2. The van der Waals surface area contributed by atoms with Crippen LogP contribution < -0.4 is 5.32 Å². The number of hydrogen-bond donors (Lipinski definition) is 2. The average molecular weight is 258 g/mol. The van der Waals surface area contributed by atoms with Crippen LogP contribution in [0.25, 0.3) is 0 Å². The molecular weight excluding hydrogens is 243 g/mol. The van der Waals surface area contributed by atoms with Gasteiger partial charge in [0.15, 0.2) is 0 Å². The van der Waals surface area contributed by atoms with Gasteiger partial charge in [-0.1, -0.05) is 0 Å². The van der Waals surface area contributed by atoms with Crippen LogP contribution >= 0.6 is 0 Å². The van der Waals surface area contributed by atoms with Gasteiger partial charge in [-0.05, 0) is 18.6 Å². The maximum Gasteiger partial charge on any atom is 0.295 e. The molecule has 7 heteroatoms. The molecule has 6 nitrogen and oxygen atoms in total. The van der Waals surface area contributed by atoms with E-state index in [1.165, 1.54) is 13.0 Å². The molecule has 100 valence electrons. The van der Waals surface area contributed by atoms with Gasteiger partial charge >= 0.3 is 0 Å². The largest absolute Gasteiger partial charge is 0.394 e. The molecule has 0 bridgehead atoms. The van der Waals surface area contributed by atoms with Gasteiger partial charge in [0.2, 0.25) is 0 Å². The molecule has 0 saturated heterocycles. The first kappa shape index (κ1) is 14.3. The summed E-state index contributed by atoms with van der Waals surface area (Å²) in [6.45, 7) is 2.31. The highest BCUT2D eigenvalue weighted by atomic mass is 19.1. The minimum atomic E-state index is -0.639. The smallest absolute Gasteiger partial charge is 0.295 e. The fourth-order valence-electron chi connectivity index (χ4n) is 1.39. The van der Waals surface area contributed by atoms with Crippen molar-refractivity contribution in [3.8, 4) is 0 Å². The molecule has 0 amide bonds. The van der Waals surface area contributed by atoms with Crippen LogP contribution in [0.1, 0.15) is 5.56 Å². The van der Waals surface area contributed by atoms with Crippen LogP contribution in [-0.4, -0.2) is 36.4 Å². The number of nitrogens with one attached hydrogen (secondary N) is 1. The van der Waals surface area contributed by atoms with Crippen LogP contribution in [0, 0.1) is 22.9 Å². The van der Waals surface area contributed by atoms with Crippen LogP contribution in [0.15, 0.2) is 12.1 Å². The Kier molecular flexibility index (Phi) is 5.47. The van der Waals surface area contributed by atoms with Gasteiger partial charge < -0.3 is 15.2 Å². The van der Waals surface area contributed by atoms with E-state index >= 15 is 0 Å². The molecule has 1 aromatic rings. The third-order valence-corrected chi connectivity index (χ3v) is 2.27. The Morgan fingerprint density at radius 1 is 1.50 bits per heavy atom. The normalized spacial score (nSPS) is 10.4. The Labute approximate surface area is 104 Å². The number of halogens is 1. The first-order chi connectivity index (χ1) is 8.56. The third-order valence-electron chi connectivity index (χ3n) is 2.27. The summed E-state index contributed by atoms with van der Waals surface area (Å²) in [5.74, 6) is -0.608. The molecule has 1 rings (SSSR count). The minimum absolute atomic E-state index is 0.0736. The van der Waals surface area contributed by atoms with Gasteiger partial charge in [-0.2, -0.15) is 0 Å². The van der Waals surface area contributed by atoms with E-state index in [0.29, 0.717) is 18.7 Å². The van der Waals surface area contributed by atoms with E-state index in [1.54, 1.807) is 0 Å². The summed E-state index contributed by atoms with van der Waals surface area (Å²) in [5.41, 5.74) is 0.283. The van der Waals surface area contributed by atoms with Gasteiger partial charge in [-0.25, -0.2) is 4.39 Å². The van der Waals surface area contributed by atoms with E-state index in [-0.39, 0.29) is 24.6 Å². The molecule has 0 heterocycles. The van der Waals surface area contributed by atoms with E-state index in [4.69, 9.17) is 9.84 Å². The van der Waals surface area contributed by atoms with Gasteiger partial charge in [0.1, 0.15) is 11.5 Å². The predicted octanol–water partition coefficient (Wildman–Crippen LogP) is 1.46. The highest BCUT2D eigenvalue weighted by Gasteiger charge is 2.16. The van der Waals surface area contributed by atoms with Crippen molar-refractivity contribution in [2.24, 2.45) is 0 Å². The van der Waals surface area contributed by atoms with E-state index < -0.39 is 10.7 Å². The lowest BCUT2D eigenvalue weighted by Crippen LogP contribution is -2.12. The van der Waals surface area contributed by atoms with Gasteiger partial charge in [0, 0.05) is 6.54 Å². The van der Waals surface area contributed by atoms with Crippen molar-refractivity contribution in [3.05, 3.63) is 33.6 Å². The van der Waals surface area contributed by atoms with Gasteiger partial charge in [-0.3, -0.25) is 10.1 Å². The van der Waals surface area contributed by atoms with Crippen LogP contribution in [0.5, 0.6) is 0 Å². The zero-order chi connectivity index (χ0) is 13.5. The van der Waals surface area contributed by atoms with Crippen LogP contribution in [-0.2, 0) is 4.74 Å². The number of anilines is 1. The number of nitro groups is 1. The number of aliphatic hydroxyl groups excluding tert-OH is 1. The Morgan fingerprint density at radius 2 is 2.22 bits per heavy atom. The summed E-state index contributed by atoms with van der Waals surface area (Å²) in [7, 11) is 0. The van der Waals surface area contributed by atoms with Gasteiger partial charge in [0.05, 0.1) is 30.8 Å². The lowest BCUT2D eigenvalue weighted by atomic mass is 10.2.